The van der Waals surface area contributed by atoms with Gasteiger partial charge in [0, 0.05) is 27.7 Å². The number of aromatic nitrogens is 1. The number of H-pyrrole nitrogens is 1. The van der Waals surface area contributed by atoms with Crippen molar-refractivity contribution >= 4 is 34.4 Å². The molecule has 4 heteroatoms. The van der Waals surface area contributed by atoms with E-state index in [9.17, 15) is 4.79 Å². The maximum absolute atomic E-state index is 12.4. The average Bonchev–Trinajstić information content (AvgIpc) is 2.95. The summed E-state index contributed by atoms with van der Waals surface area (Å²) in [6.07, 6.45) is 5.05. The van der Waals surface area contributed by atoms with Crippen LogP contribution in [0.25, 0.3) is 17.0 Å². The Morgan fingerprint density at radius 3 is 2.91 bits per heavy atom. The number of ether oxygens (including phenoxy) is 1. The van der Waals surface area contributed by atoms with Gasteiger partial charge in [-0.1, -0.05) is 35.9 Å². The molecule has 110 valence electrons. The normalized spacial score (nSPS) is 11.2. The van der Waals surface area contributed by atoms with Gasteiger partial charge in [-0.15, -0.1) is 0 Å². The molecule has 0 aliphatic carbocycles. The highest BCUT2D eigenvalue weighted by atomic mass is 35.5. The summed E-state index contributed by atoms with van der Waals surface area (Å²) in [7, 11) is 1.62. The number of carbonyl (C=O) groups is 1. The molecule has 1 heterocycles. The molecule has 0 spiro atoms. The lowest BCUT2D eigenvalue weighted by molar-refractivity contribution is 0.104. The predicted molar refractivity (Wildman–Crippen MR) is 89.7 cm³/mol. The average molecular weight is 312 g/mol. The van der Waals surface area contributed by atoms with Gasteiger partial charge in [0.1, 0.15) is 5.75 Å². The van der Waals surface area contributed by atoms with E-state index in [4.69, 9.17) is 16.3 Å². The fraction of sp³-hybridized carbons (Fsp3) is 0.0556. The molecule has 0 fully saturated rings. The van der Waals surface area contributed by atoms with E-state index in [1.165, 1.54) is 0 Å². The van der Waals surface area contributed by atoms with E-state index in [-0.39, 0.29) is 5.78 Å². The molecule has 3 aromatic rings. The van der Waals surface area contributed by atoms with Gasteiger partial charge in [-0.3, -0.25) is 4.79 Å². The number of carbonyl (C=O) groups excluding carboxylic acids is 1. The fourth-order valence-electron chi connectivity index (χ4n) is 2.31. The maximum Gasteiger partial charge on any atom is 0.187 e. The standard InChI is InChI=1S/C18H14ClNO2/c1-22-14-4-2-3-12(9-14)5-8-18(21)16-11-20-17-10-13(19)6-7-15(16)17/h2-11,20H,1H3/b8-5+. The van der Waals surface area contributed by atoms with Crippen LogP contribution in [0.3, 0.4) is 0 Å². The van der Waals surface area contributed by atoms with Crippen LogP contribution in [0.5, 0.6) is 5.75 Å². The van der Waals surface area contributed by atoms with E-state index >= 15 is 0 Å². The summed E-state index contributed by atoms with van der Waals surface area (Å²) in [6, 6.07) is 13.0. The first kappa shape index (κ1) is 14.4. The van der Waals surface area contributed by atoms with Gasteiger partial charge >= 0.3 is 0 Å². The second-order valence-electron chi connectivity index (χ2n) is 4.87. The molecule has 0 atom stereocenters. The minimum atomic E-state index is -0.0589. The van der Waals surface area contributed by atoms with Crippen molar-refractivity contribution in [2.45, 2.75) is 0 Å². The highest BCUT2D eigenvalue weighted by Crippen LogP contribution is 2.23. The summed E-state index contributed by atoms with van der Waals surface area (Å²) >= 11 is 5.95. The molecule has 0 radical (unpaired) electrons. The summed E-state index contributed by atoms with van der Waals surface area (Å²) in [5, 5.41) is 1.50. The smallest absolute Gasteiger partial charge is 0.187 e. The Hall–Kier alpha value is -2.52. The molecule has 0 saturated carbocycles. The third-order valence-corrected chi connectivity index (χ3v) is 3.67. The van der Waals surface area contributed by atoms with E-state index in [1.54, 1.807) is 37.6 Å². The topological polar surface area (TPSA) is 42.1 Å². The Kier molecular flexibility index (Phi) is 3.98. The van der Waals surface area contributed by atoms with Crippen LogP contribution >= 0.6 is 11.6 Å². The first-order valence-corrected chi connectivity index (χ1v) is 7.18. The van der Waals surface area contributed by atoms with Crippen LogP contribution in [0, 0.1) is 0 Å². The zero-order chi connectivity index (χ0) is 15.5. The van der Waals surface area contributed by atoms with Gasteiger partial charge in [-0.2, -0.15) is 0 Å². The molecule has 22 heavy (non-hydrogen) atoms. The number of hydrogen-bond donors (Lipinski definition) is 1. The monoisotopic (exact) mass is 311 g/mol. The van der Waals surface area contributed by atoms with Crippen molar-refractivity contribution in [1.82, 2.24) is 4.98 Å². The highest BCUT2D eigenvalue weighted by Gasteiger charge is 2.09. The molecule has 0 amide bonds. The summed E-state index contributed by atoms with van der Waals surface area (Å²) in [5.74, 6) is 0.702. The van der Waals surface area contributed by atoms with Gasteiger partial charge in [0.15, 0.2) is 5.78 Å². The molecule has 3 nitrogen and oxygen atoms in total. The van der Waals surface area contributed by atoms with Crippen LogP contribution in [0.1, 0.15) is 15.9 Å². The maximum atomic E-state index is 12.4. The van der Waals surface area contributed by atoms with Crippen molar-refractivity contribution in [1.29, 1.82) is 0 Å². The second-order valence-corrected chi connectivity index (χ2v) is 5.30. The zero-order valence-corrected chi connectivity index (χ0v) is 12.7. The summed E-state index contributed by atoms with van der Waals surface area (Å²) in [4.78, 5) is 15.4. The van der Waals surface area contributed by atoms with Gasteiger partial charge in [0.2, 0.25) is 0 Å². The summed E-state index contributed by atoms with van der Waals surface area (Å²) in [5.41, 5.74) is 2.40. The SMILES string of the molecule is COc1cccc(/C=C/C(=O)c2c[nH]c3cc(Cl)ccc23)c1. The lowest BCUT2D eigenvalue weighted by atomic mass is 10.1. The van der Waals surface area contributed by atoms with E-state index in [0.29, 0.717) is 10.6 Å². The Bertz CT molecular complexity index is 864. The Morgan fingerprint density at radius 2 is 2.09 bits per heavy atom. The van der Waals surface area contributed by atoms with Crippen molar-refractivity contribution in [2.75, 3.05) is 7.11 Å². The van der Waals surface area contributed by atoms with E-state index < -0.39 is 0 Å². The van der Waals surface area contributed by atoms with Gasteiger partial charge in [-0.05, 0) is 35.9 Å². The van der Waals surface area contributed by atoms with Crippen LogP contribution in [-0.4, -0.2) is 17.9 Å². The highest BCUT2D eigenvalue weighted by molar-refractivity contribution is 6.31. The number of rotatable bonds is 4. The zero-order valence-electron chi connectivity index (χ0n) is 12.0. The molecule has 0 bridgehead atoms. The molecule has 0 aliphatic rings. The third-order valence-electron chi connectivity index (χ3n) is 3.43. The minimum Gasteiger partial charge on any atom is -0.497 e. The molecule has 3 rings (SSSR count). The van der Waals surface area contributed by atoms with E-state index in [1.807, 2.05) is 30.3 Å². The lowest BCUT2D eigenvalue weighted by Gasteiger charge is -2.00. The minimum absolute atomic E-state index is 0.0589. The summed E-state index contributed by atoms with van der Waals surface area (Å²) in [6.45, 7) is 0. The van der Waals surface area contributed by atoms with E-state index in [0.717, 1.165) is 22.2 Å². The van der Waals surface area contributed by atoms with Crippen molar-refractivity contribution in [2.24, 2.45) is 0 Å². The predicted octanol–water partition coefficient (Wildman–Crippen LogP) is 4.73. The number of methoxy groups -OCH3 is 1. The number of hydrogen-bond acceptors (Lipinski definition) is 2. The molecule has 0 saturated heterocycles. The fourth-order valence-corrected chi connectivity index (χ4v) is 2.48. The number of allylic oxidation sites excluding steroid dienone is 1. The van der Waals surface area contributed by atoms with Crippen molar-refractivity contribution in [3.8, 4) is 5.75 Å². The molecule has 0 unspecified atom stereocenters. The Balaban J connectivity index is 1.88. The van der Waals surface area contributed by atoms with Crippen LogP contribution in [0.4, 0.5) is 0 Å². The quantitative estimate of drug-likeness (QED) is 0.559. The number of ketones is 1. The first-order chi connectivity index (χ1) is 10.7. The van der Waals surface area contributed by atoms with Crippen molar-refractivity contribution in [3.63, 3.8) is 0 Å². The largest absolute Gasteiger partial charge is 0.497 e. The van der Waals surface area contributed by atoms with Crippen molar-refractivity contribution < 1.29 is 9.53 Å². The molecule has 0 aliphatic heterocycles. The number of aromatic amines is 1. The third kappa shape index (κ3) is 2.90. The number of nitrogens with one attached hydrogen (secondary N) is 1. The van der Waals surface area contributed by atoms with Gasteiger partial charge in [0.05, 0.1) is 7.11 Å². The van der Waals surface area contributed by atoms with Crippen molar-refractivity contribution in [3.05, 3.63) is 70.9 Å². The second kappa shape index (κ2) is 6.08. The molecular weight excluding hydrogens is 298 g/mol. The van der Waals surface area contributed by atoms with Gasteiger partial charge in [0.25, 0.3) is 0 Å². The molecule has 1 aromatic heterocycles. The summed E-state index contributed by atoms with van der Waals surface area (Å²) < 4.78 is 5.17. The number of fused-ring (bicyclic) bond motifs is 1. The first-order valence-electron chi connectivity index (χ1n) is 6.80. The van der Waals surface area contributed by atoms with Gasteiger partial charge in [-0.25, -0.2) is 0 Å². The Morgan fingerprint density at radius 1 is 1.23 bits per heavy atom. The lowest BCUT2D eigenvalue weighted by Crippen LogP contribution is -1.92. The number of halogens is 1. The van der Waals surface area contributed by atoms with Crippen LogP contribution in [0.15, 0.2) is 54.7 Å². The van der Waals surface area contributed by atoms with E-state index in [2.05, 4.69) is 4.98 Å². The Labute approximate surface area is 133 Å². The van der Waals surface area contributed by atoms with Crippen LogP contribution < -0.4 is 4.74 Å². The van der Waals surface area contributed by atoms with Crippen LogP contribution in [-0.2, 0) is 0 Å². The number of benzene rings is 2. The van der Waals surface area contributed by atoms with Crippen LogP contribution in [0.2, 0.25) is 5.02 Å². The van der Waals surface area contributed by atoms with Gasteiger partial charge < -0.3 is 9.72 Å². The molecule has 1 N–H and O–H groups in total. The molecule has 2 aromatic carbocycles. The molecular formula is C18H14ClNO2.